The van der Waals surface area contributed by atoms with E-state index in [1.807, 2.05) is 6.07 Å². The molecule has 0 radical (unpaired) electrons. The first-order chi connectivity index (χ1) is 13.9. The number of halogens is 1. The van der Waals surface area contributed by atoms with E-state index in [0.717, 1.165) is 18.9 Å². The van der Waals surface area contributed by atoms with E-state index >= 15 is 0 Å². The first-order valence-corrected chi connectivity index (χ1v) is 9.19. The average Bonchev–Trinajstić information content (AvgIpc) is 3.52. The van der Waals surface area contributed by atoms with Crippen LogP contribution in [0.4, 0.5) is 26.5 Å². The molecule has 1 heterocycles. The Labute approximate surface area is 167 Å². The van der Waals surface area contributed by atoms with Crippen LogP contribution < -0.4 is 20.7 Å². The molecule has 2 aromatic rings. The van der Waals surface area contributed by atoms with Gasteiger partial charge in [-0.25, -0.2) is 14.2 Å². The zero-order chi connectivity index (χ0) is 21.0. The molecule has 1 aromatic carbocycles. The van der Waals surface area contributed by atoms with Gasteiger partial charge in [-0.15, -0.1) is 0 Å². The van der Waals surface area contributed by atoms with Gasteiger partial charge < -0.3 is 25.8 Å². The number of nitrogens with zero attached hydrogens (tertiary/aromatic N) is 2. The number of aromatic nitrogens is 1. The van der Waals surface area contributed by atoms with Crippen LogP contribution in [0.5, 0.6) is 5.75 Å². The minimum atomic E-state index is -1.14. The number of carboxylic acid groups (broad SMARTS) is 1. The molecule has 0 spiro atoms. The number of nitriles is 1. The Morgan fingerprint density at radius 2 is 2.14 bits per heavy atom. The highest BCUT2D eigenvalue weighted by atomic mass is 19.1. The third-order valence-corrected chi connectivity index (χ3v) is 4.75. The van der Waals surface area contributed by atoms with Crippen molar-refractivity contribution in [3.05, 3.63) is 41.7 Å². The molecule has 0 aliphatic heterocycles. The monoisotopic (exact) mass is 399 g/mol. The molecule has 1 saturated carbocycles. The van der Waals surface area contributed by atoms with Crippen LogP contribution >= 0.6 is 0 Å². The molecule has 3 rings (SSSR count). The first kappa shape index (κ1) is 20.2. The maximum atomic E-state index is 14.6. The molecule has 29 heavy (non-hydrogen) atoms. The second kappa shape index (κ2) is 8.65. The Kier molecular flexibility index (Phi) is 6.02. The van der Waals surface area contributed by atoms with Gasteiger partial charge in [0.2, 0.25) is 0 Å². The van der Waals surface area contributed by atoms with E-state index in [-0.39, 0.29) is 29.2 Å². The third kappa shape index (κ3) is 5.04. The van der Waals surface area contributed by atoms with Crippen LogP contribution in [0.3, 0.4) is 0 Å². The van der Waals surface area contributed by atoms with Gasteiger partial charge in [0.05, 0.1) is 18.7 Å². The van der Waals surface area contributed by atoms with Crippen molar-refractivity contribution >= 4 is 23.4 Å². The van der Waals surface area contributed by atoms with Crippen molar-refractivity contribution < 1.29 is 19.0 Å². The van der Waals surface area contributed by atoms with E-state index in [9.17, 15) is 14.4 Å². The largest absolute Gasteiger partial charge is 0.497 e. The summed E-state index contributed by atoms with van der Waals surface area (Å²) in [5, 5.41) is 26.8. The number of nitrogens with one attached hydrogen (secondary N) is 3. The number of ether oxygens (including phenoxy) is 1. The lowest BCUT2D eigenvalue weighted by Gasteiger charge is -2.26. The second-order valence-corrected chi connectivity index (χ2v) is 6.93. The highest BCUT2D eigenvalue weighted by molar-refractivity contribution is 5.67. The van der Waals surface area contributed by atoms with Crippen molar-refractivity contribution in [2.24, 2.45) is 5.92 Å². The fraction of sp³-hybridized carbons (Fsp3) is 0.350. The summed E-state index contributed by atoms with van der Waals surface area (Å²) in [6.07, 6.45) is 0.713. The van der Waals surface area contributed by atoms with Crippen molar-refractivity contribution in [3.63, 3.8) is 0 Å². The Morgan fingerprint density at radius 3 is 2.76 bits per heavy atom. The highest BCUT2D eigenvalue weighted by Crippen LogP contribution is 2.36. The number of hydrogen-bond donors (Lipinski definition) is 4. The molecule has 1 aliphatic rings. The van der Waals surface area contributed by atoms with Gasteiger partial charge in [-0.1, -0.05) is 6.07 Å². The summed E-state index contributed by atoms with van der Waals surface area (Å²) in [7, 11) is 1.54. The van der Waals surface area contributed by atoms with Crippen LogP contribution in [0.2, 0.25) is 0 Å². The van der Waals surface area contributed by atoms with Crippen molar-refractivity contribution in [3.8, 4) is 11.8 Å². The molecule has 1 aliphatic carbocycles. The number of amides is 1. The Balaban J connectivity index is 1.88. The van der Waals surface area contributed by atoms with Crippen LogP contribution in [0.25, 0.3) is 0 Å². The topological polar surface area (TPSA) is 119 Å². The summed E-state index contributed by atoms with van der Waals surface area (Å²) in [4.78, 5) is 15.3. The van der Waals surface area contributed by atoms with Gasteiger partial charge in [-0.3, -0.25) is 0 Å². The number of methoxy groups -OCH3 is 1. The van der Waals surface area contributed by atoms with E-state index in [0.29, 0.717) is 11.4 Å². The SMILES string of the molecule is COc1cccc(Nc2nc(N[C@H](C3CC3)[C@H](C)NC(=O)O)c(F)cc2C#N)c1. The summed E-state index contributed by atoms with van der Waals surface area (Å²) in [6, 6.07) is 9.34. The normalized spacial score (nSPS) is 15.0. The molecule has 1 aromatic heterocycles. The van der Waals surface area contributed by atoms with E-state index in [1.165, 1.54) is 0 Å². The quantitative estimate of drug-likeness (QED) is 0.534. The average molecular weight is 399 g/mol. The molecule has 1 amide bonds. The Hall–Kier alpha value is -3.54. The molecule has 152 valence electrons. The molecule has 0 unspecified atom stereocenters. The van der Waals surface area contributed by atoms with Crippen molar-refractivity contribution in [1.82, 2.24) is 10.3 Å². The molecule has 0 bridgehead atoms. The van der Waals surface area contributed by atoms with Gasteiger partial charge in [0.15, 0.2) is 17.5 Å². The summed E-state index contributed by atoms with van der Waals surface area (Å²) >= 11 is 0. The molecule has 0 saturated heterocycles. The molecular weight excluding hydrogens is 377 g/mol. The van der Waals surface area contributed by atoms with E-state index in [4.69, 9.17) is 9.84 Å². The molecule has 4 N–H and O–H groups in total. The Morgan fingerprint density at radius 1 is 1.38 bits per heavy atom. The lowest BCUT2D eigenvalue weighted by atomic mass is 10.0. The van der Waals surface area contributed by atoms with Gasteiger partial charge >= 0.3 is 6.09 Å². The minimum Gasteiger partial charge on any atom is -0.497 e. The van der Waals surface area contributed by atoms with Crippen molar-refractivity contribution in [1.29, 1.82) is 5.26 Å². The molecule has 8 nitrogen and oxygen atoms in total. The predicted molar refractivity (Wildman–Crippen MR) is 106 cm³/mol. The number of anilines is 3. The summed E-state index contributed by atoms with van der Waals surface area (Å²) < 4.78 is 19.8. The number of hydrogen-bond acceptors (Lipinski definition) is 6. The zero-order valence-corrected chi connectivity index (χ0v) is 16.1. The van der Waals surface area contributed by atoms with Gasteiger partial charge in [0.25, 0.3) is 0 Å². The zero-order valence-electron chi connectivity index (χ0n) is 16.1. The Bertz CT molecular complexity index is 942. The third-order valence-electron chi connectivity index (χ3n) is 4.75. The summed E-state index contributed by atoms with van der Waals surface area (Å²) in [5.41, 5.74) is 0.682. The van der Waals surface area contributed by atoms with Crippen LogP contribution in [-0.2, 0) is 0 Å². The van der Waals surface area contributed by atoms with Crippen LogP contribution in [0.1, 0.15) is 25.3 Å². The minimum absolute atomic E-state index is 0.0367. The maximum absolute atomic E-state index is 14.6. The van der Waals surface area contributed by atoms with Gasteiger partial charge in [0, 0.05) is 17.8 Å². The molecule has 9 heteroatoms. The molecule has 1 fully saturated rings. The number of pyridine rings is 1. The fourth-order valence-electron chi connectivity index (χ4n) is 3.16. The van der Waals surface area contributed by atoms with Crippen LogP contribution in [0.15, 0.2) is 30.3 Å². The van der Waals surface area contributed by atoms with E-state index in [1.54, 1.807) is 38.3 Å². The smallest absolute Gasteiger partial charge is 0.404 e. The van der Waals surface area contributed by atoms with Crippen LogP contribution in [0, 0.1) is 23.1 Å². The predicted octanol–water partition coefficient (Wildman–Crippen LogP) is 3.69. The summed E-state index contributed by atoms with van der Waals surface area (Å²) in [6.45, 7) is 1.72. The lowest BCUT2D eigenvalue weighted by molar-refractivity contribution is 0.188. The second-order valence-electron chi connectivity index (χ2n) is 6.93. The first-order valence-electron chi connectivity index (χ1n) is 9.19. The number of benzene rings is 1. The summed E-state index contributed by atoms with van der Waals surface area (Å²) in [5.74, 6) is 0.328. The standard InChI is InChI=1S/C20H22FN5O3/c1-11(23-20(27)28)17(12-6-7-12)25-19-16(21)8-13(10-22)18(26-19)24-14-4-3-5-15(9-14)29-2/h3-5,8-9,11-12,17,23H,6-7H2,1-2H3,(H,27,28)(H2,24,25,26)/t11-,17-/m0/s1. The molecular formula is C20H22FN5O3. The maximum Gasteiger partial charge on any atom is 0.404 e. The number of rotatable bonds is 8. The van der Waals surface area contributed by atoms with Gasteiger partial charge in [0.1, 0.15) is 11.8 Å². The molecule has 2 atom stereocenters. The van der Waals surface area contributed by atoms with Gasteiger partial charge in [-0.05, 0) is 43.9 Å². The highest BCUT2D eigenvalue weighted by Gasteiger charge is 2.36. The van der Waals surface area contributed by atoms with Gasteiger partial charge in [-0.2, -0.15) is 5.26 Å². The van der Waals surface area contributed by atoms with Crippen molar-refractivity contribution in [2.75, 3.05) is 17.7 Å². The van der Waals surface area contributed by atoms with E-state index < -0.39 is 18.0 Å². The number of carbonyl (C=O) groups is 1. The van der Waals surface area contributed by atoms with Crippen LogP contribution in [-0.4, -0.2) is 35.4 Å². The lowest BCUT2D eigenvalue weighted by Crippen LogP contribution is -2.45. The fourth-order valence-corrected chi connectivity index (χ4v) is 3.16. The van der Waals surface area contributed by atoms with E-state index in [2.05, 4.69) is 20.9 Å². The van der Waals surface area contributed by atoms with Crippen molar-refractivity contribution in [2.45, 2.75) is 31.8 Å².